The lowest BCUT2D eigenvalue weighted by Crippen LogP contribution is -2.32. The minimum atomic E-state index is -0.225. The van der Waals surface area contributed by atoms with E-state index in [-0.39, 0.29) is 12.0 Å². The van der Waals surface area contributed by atoms with Crippen molar-refractivity contribution in [2.75, 3.05) is 18.5 Å². The zero-order chi connectivity index (χ0) is 17.8. The van der Waals surface area contributed by atoms with Crippen molar-refractivity contribution in [3.05, 3.63) is 46.4 Å². The van der Waals surface area contributed by atoms with E-state index in [0.29, 0.717) is 28.9 Å². The summed E-state index contributed by atoms with van der Waals surface area (Å²) in [5, 5.41) is 6.77. The molecule has 1 amide bonds. The number of nitrogens with one attached hydrogen (secondary N) is 2. The van der Waals surface area contributed by atoms with Crippen molar-refractivity contribution in [3.8, 4) is 0 Å². The summed E-state index contributed by atoms with van der Waals surface area (Å²) in [5.74, 6) is 0.871. The lowest BCUT2D eigenvalue weighted by atomic mass is 10.2. The third kappa shape index (κ3) is 4.67. The molecule has 0 radical (unpaired) electrons. The first kappa shape index (κ1) is 17.6. The van der Waals surface area contributed by atoms with Gasteiger partial charge in [-0.05, 0) is 50.5 Å². The first-order valence-corrected chi connectivity index (χ1v) is 8.68. The van der Waals surface area contributed by atoms with Crippen molar-refractivity contribution in [3.63, 3.8) is 0 Å². The van der Waals surface area contributed by atoms with Crippen molar-refractivity contribution >= 4 is 29.0 Å². The molecule has 1 saturated heterocycles. The minimum Gasteiger partial charge on any atom is -0.376 e. The number of rotatable bonds is 5. The molecule has 2 N–H and O–H groups in total. The molecule has 0 saturated carbocycles. The normalized spacial score (nSPS) is 16.7. The van der Waals surface area contributed by atoms with Crippen LogP contribution in [0.25, 0.3) is 0 Å². The quantitative estimate of drug-likeness (QED) is 0.854. The van der Waals surface area contributed by atoms with Crippen molar-refractivity contribution < 1.29 is 9.53 Å². The number of hydrogen-bond acceptors (Lipinski definition) is 5. The maximum Gasteiger partial charge on any atom is 0.270 e. The highest BCUT2D eigenvalue weighted by atomic mass is 35.5. The Bertz CT molecular complexity index is 776. The van der Waals surface area contributed by atoms with Crippen LogP contribution in [-0.4, -0.2) is 35.1 Å². The predicted molar refractivity (Wildman–Crippen MR) is 97.5 cm³/mol. The van der Waals surface area contributed by atoms with Gasteiger partial charge in [-0.2, -0.15) is 0 Å². The van der Waals surface area contributed by atoms with Crippen LogP contribution in [0.1, 0.15) is 34.7 Å². The summed E-state index contributed by atoms with van der Waals surface area (Å²) in [4.78, 5) is 21.0. The fraction of sp³-hybridized carbons (Fsp3) is 0.389. The zero-order valence-electron chi connectivity index (χ0n) is 14.3. The second-order valence-corrected chi connectivity index (χ2v) is 6.55. The Kier molecular flexibility index (Phi) is 5.50. The van der Waals surface area contributed by atoms with Crippen LogP contribution in [0.2, 0.25) is 5.02 Å². The van der Waals surface area contributed by atoms with Crippen molar-refractivity contribution in [2.24, 2.45) is 0 Å². The van der Waals surface area contributed by atoms with Gasteiger partial charge < -0.3 is 15.4 Å². The van der Waals surface area contributed by atoms with Gasteiger partial charge in [0.2, 0.25) is 0 Å². The van der Waals surface area contributed by atoms with E-state index in [1.807, 2.05) is 19.1 Å². The number of aromatic nitrogens is 2. The molecule has 3 rings (SSSR count). The van der Waals surface area contributed by atoms with Gasteiger partial charge in [0, 0.05) is 29.9 Å². The summed E-state index contributed by atoms with van der Waals surface area (Å²) >= 11 is 5.98. The number of carbonyl (C=O) groups excluding carboxylic acids is 1. The van der Waals surface area contributed by atoms with Crippen LogP contribution in [0.5, 0.6) is 0 Å². The fourth-order valence-electron chi connectivity index (χ4n) is 2.76. The van der Waals surface area contributed by atoms with E-state index in [0.717, 1.165) is 30.7 Å². The molecule has 1 aromatic carbocycles. The van der Waals surface area contributed by atoms with Gasteiger partial charge in [-0.3, -0.25) is 4.79 Å². The van der Waals surface area contributed by atoms with Gasteiger partial charge in [0.15, 0.2) is 0 Å². The zero-order valence-corrected chi connectivity index (χ0v) is 15.1. The maximum atomic E-state index is 12.4. The van der Waals surface area contributed by atoms with Crippen molar-refractivity contribution in [1.82, 2.24) is 15.3 Å². The molecular formula is C18H21ClN4O2. The minimum absolute atomic E-state index is 0.0983. The van der Waals surface area contributed by atoms with Gasteiger partial charge in [-0.1, -0.05) is 11.6 Å². The van der Waals surface area contributed by atoms with Crippen LogP contribution in [0, 0.1) is 13.8 Å². The number of benzene rings is 1. The molecule has 1 aliphatic heterocycles. The van der Waals surface area contributed by atoms with Crippen LogP contribution in [0.15, 0.2) is 24.3 Å². The lowest BCUT2D eigenvalue weighted by Gasteiger charge is -2.12. The average Bonchev–Trinajstić information content (AvgIpc) is 3.08. The maximum absolute atomic E-state index is 12.4. The van der Waals surface area contributed by atoms with Gasteiger partial charge >= 0.3 is 0 Å². The number of hydrogen-bond donors (Lipinski definition) is 2. The Morgan fingerprint density at radius 1 is 1.32 bits per heavy atom. The van der Waals surface area contributed by atoms with E-state index in [1.165, 1.54) is 0 Å². The molecule has 2 aromatic rings. The topological polar surface area (TPSA) is 76.1 Å². The molecule has 6 nitrogen and oxygen atoms in total. The number of ether oxygens (including phenoxy) is 1. The van der Waals surface area contributed by atoms with E-state index in [1.54, 1.807) is 19.1 Å². The molecule has 1 atom stereocenters. The highest BCUT2D eigenvalue weighted by Gasteiger charge is 2.18. The molecule has 1 fully saturated rings. The third-order valence-corrected chi connectivity index (χ3v) is 4.27. The summed E-state index contributed by atoms with van der Waals surface area (Å²) in [5.41, 5.74) is 2.21. The van der Waals surface area contributed by atoms with Gasteiger partial charge in [-0.25, -0.2) is 9.97 Å². The second-order valence-electron chi connectivity index (χ2n) is 6.11. The number of aryl methyl sites for hydroxylation is 2. The molecule has 1 aromatic heterocycles. The van der Waals surface area contributed by atoms with E-state index in [9.17, 15) is 4.79 Å². The van der Waals surface area contributed by atoms with Gasteiger partial charge in [-0.15, -0.1) is 0 Å². The number of nitrogens with zero attached hydrogens (tertiary/aromatic N) is 2. The van der Waals surface area contributed by atoms with Crippen molar-refractivity contribution in [1.29, 1.82) is 0 Å². The highest BCUT2D eigenvalue weighted by Crippen LogP contribution is 2.23. The van der Waals surface area contributed by atoms with Gasteiger partial charge in [0.05, 0.1) is 6.10 Å². The largest absolute Gasteiger partial charge is 0.376 e. The summed E-state index contributed by atoms with van der Waals surface area (Å²) in [6.45, 7) is 4.98. The Labute approximate surface area is 152 Å². The summed E-state index contributed by atoms with van der Waals surface area (Å²) in [7, 11) is 0. The van der Waals surface area contributed by atoms with E-state index < -0.39 is 0 Å². The smallest absolute Gasteiger partial charge is 0.270 e. The molecule has 7 heteroatoms. The molecule has 132 valence electrons. The summed E-state index contributed by atoms with van der Waals surface area (Å²) in [6.07, 6.45) is 2.12. The Hall–Kier alpha value is -2.18. The average molecular weight is 361 g/mol. The summed E-state index contributed by atoms with van der Waals surface area (Å²) < 4.78 is 5.52. The van der Waals surface area contributed by atoms with Crippen LogP contribution in [-0.2, 0) is 4.74 Å². The third-order valence-electron chi connectivity index (χ3n) is 4.04. The highest BCUT2D eigenvalue weighted by molar-refractivity contribution is 6.30. The number of halogens is 1. The van der Waals surface area contributed by atoms with Gasteiger partial charge in [0.1, 0.15) is 17.3 Å². The number of carbonyl (C=O) groups is 1. The van der Waals surface area contributed by atoms with Crippen LogP contribution in [0.4, 0.5) is 11.5 Å². The first-order chi connectivity index (χ1) is 12.0. The Morgan fingerprint density at radius 3 is 2.88 bits per heavy atom. The number of amides is 1. The second kappa shape index (κ2) is 7.80. The predicted octanol–water partition coefficient (Wildman–Crippen LogP) is 3.40. The Morgan fingerprint density at radius 2 is 2.16 bits per heavy atom. The number of anilines is 2. The van der Waals surface area contributed by atoms with Crippen LogP contribution in [0.3, 0.4) is 0 Å². The molecule has 0 aliphatic carbocycles. The van der Waals surface area contributed by atoms with Crippen molar-refractivity contribution in [2.45, 2.75) is 32.8 Å². The van der Waals surface area contributed by atoms with E-state index >= 15 is 0 Å². The molecule has 25 heavy (non-hydrogen) atoms. The molecular weight excluding hydrogens is 340 g/mol. The first-order valence-electron chi connectivity index (χ1n) is 8.30. The fourth-order valence-corrected chi connectivity index (χ4v) is 2.98. The molecule has 1 unspecified atom stereocenters. The van der Waals surface area contributed by atoms with E-state index in [2.05, 4.69) is 20.6 Å². The molecule has 0 spiro atoms. The van der Waals surface area contributed by atoms with Gasteiger partial charge in [0.25, 0.3) is 5.91 Å². The Balaban J connectivity index is 1.71. The lowest BCUT2D eigenvalue weighted by molar-refractivity contribution is 0.0853. The molecule has 2 heterocycles. The molecule has 0 bridgehead atoms. The monoisotopic (exact) mass is 360 g/mol. The van der Waals surface area contributed by atoms with Crippen LogP contribution < -0.4 is 10.6 Å². The standard InChI is InChI=1S/C18H21ClN4O2/c1-11-8-13(19)5-6-15(11)23-17-9-16(21-12(2)22-17)18(24)20-10-14-4-3-7-25-14/h5-6,8-9,14H,3-4,7,10H2,1-2H3,(H,20,24)(H,21,22,23). The van der Waals surface area contributed by atoms with E-state index in [4.69, 9.17) is 16.3 Å². The van der Waals surface area contributed by atoms with Crippen LogP contribution >= 0.6 is 11.6 Å². The summed E-state index contributed by atoms with van der Waals surface area (Å²) in [6, 6.07) is 7.20. The molecule has 1 aliphatic rings. The SMILES string of the molecule is Cc1nc(Nc2ccc(Cl)cc2C)cc(C(=O)NCC2CCCO2)n1.